The minimum atomic E-state index is 0.136. The van der Waals surface area contributed by atoms with Crippen LogP contribution in [0.25, 0.3) is 0 Å². The average Bonchev–Trinajstić information content (AvgIpc) is 3.10. The van der Waals surface area contributed by atoms with Crippen LogP contribution in [-0.4, -0.2) is 29.0 Å². The number of carbonyl (C=O) groups excluding carboxylic acids is 1. The fourth-order valence-corrected chi connectivity index (χ4v) is 3.04. The van der Waals surface area contributed by atoms with E-state index in [2.05, 4.69) is 0 Å². The van der Waals surface area contributed by atoms with Gasteiger partial charge in [-0.2, -0.15) is 11.8 Å². The molecule has 1 fully saturated rings. The van der Waals surface area contributed by atoms with Gasteiger partial charge in [0.1, 0.15) is 0 Å². The van der Waals surface area contributed by atoms with Crippen LogP contribution < -0.4 is 4.90 Å². The van der Waals surface area contributed by atoms with E-state index < -0.39 is 0 Å². The molecule has 1 aromatic carbocycles. The molecule has 1 heterocycles. The lowest BCUT2D eigenvalue weighted by Gasteiger charge is -2.16. The molecule has 2 nitrogen and oxygen atoms in total. The van der Waals surface area contributed by atoms with E-state index in [1.807, 2.05) is 50.0 Å². The summed E-state index contributed by atoms with van der Waals surface area (Å²) in [4.78, 5) is 13.6. The Bertz CT molecular complexity index is 373. The summed E-state index contributed by atoms with van der Waals surface area (Å²) in [5, 5.41) is 0.844. The van der Waals surface area contributed by atoms with Crippen molar-refractivity contribution in [3.63, 3.8) is 0 Å². The summed E-state index contributed by atoms with van der Waals surface area (Å²) in [6.07, 6.45) is 0. The Morgan fingerprint density at radius 3 is 2.69 bits per heavy atom. The van der Waals surface area contributed by atoms with Crippen molar-refractivity contribution >= 4 is 34.5 Å². The molecule has 0 aliphatic carbocycles. The number of thioether (sulfide) groups is 2. The highest BCUT2D eigenvalue weighted by atomic mass is 32.2. The van der Waals surface area contributed by atoms with Crippen LogP contribution in [0.2, 0.25) is 0 Å². The van der Waals surface area contributed by atoms with Crippen LogP contribution in [-0.2, 0) is 0 Å². The van der Waals surface area contributed by atoms with Gasteiger partial charge in [0.15, 0.2) is 0 Å². The largest absolute Gasteiger partial charge is 0.306 e. The Morgan fingerprint density at radius 2 is 2.12 bits per heavy atom. The summed E-state index contributed by atoms with van der Waals surface area (Å²) in [6, 6.07) is 8.03. The zero-order valence-corrected chi connectivity index (χ0v) is 11.1. The first kappa shape index (κ1) is 11.9. The molecule has 0 spiro atoms. The molecule has 0 bridgehead atoms. The van der Waals surface area contributed by atoms with E-state index >= 15 is 0 Å². The van der Waals surface area contributed by atoms with E-state index in [1.54, 1.807) is 4.90 Å². The van der Waals surface area contributed by atoms with Crippen molar-refractivity contribution in [2.45, 2.75) is 12.2 Å². The summed E-state index contributed by atoms with van der Waals surface area (Å²) in [5.41, 5.74) is 2.18. The maximum atomic E-state index is 11.8. The van der Waals surface area contributed by atoms with Crippen LogP contribution in [0.3, 0.4) is 0 Å². The third kappa shape index (κ3) is 3.19. The molecule has 16 heavy (non-hydrogen) atoms. The average molecular weight is 253 g/mol. The number of carbonyl (C=O) groups is 1. The first-order valence-electron chi connectivity index (χ1n) is 5.25. The number of aryl methyl sites for hydroxylation is 1. The Labute approximate surface area is 105 Å². The zero-order chi connectivity index (χ0) is 11.5. The summed E-state index contributed by atoms with van der Waals surface area (Å²) < 4.78 is 0. The maximum absolute atomic E-state index is 11.8. The smallest absolute Gasteiger partial charge is 0.285 e. The highest BCUT2D eigenvalue weighted by Crippen LogP contribution is 2.33. The monoisotopic (exact) mass is 253 g/mol. The highest BCUT2D eigenvalue weighted by molar-refractivity contribution is 8.15. The predicted molar refractivity (Wildman–Crippen MR) is 73.7 cm³/mol. The molecule has 1 unspecified atom stereocenters. The number of rotatable bonds is 3. The second kappa shape index (κ2) is 5.15. The van der Waals surface area contributed by atoms with Crippen molar-refractivity contribution in [2.75, 3.05) is 23.5 Å². The van der Waals surface area contributed by atoms with Crippen molar-refractivity contribution < 1.29 is 4.79 Å². The van der Waals surface area contributed by atoms with E-state index in [4.69, 9.17) is 0 Å². The van der Waals surface area contributed by atoms with Crippen LogP contribution in [0.1, 0.15) is 5.56 Å². The van der Waals surface area contributed by atoms with Crippen LogP contribution in [0.5, 0.6) is 0 Å². The molecule has 1 saturated heterocycles. The van der Waals surface area contributed by atoms with Crippen LogP contribution in [0.15, 0.2) is 24.3 Å². The van der Waals surface area contributed by atoms with Gasteiger partial charge in [0.2, 0.25) is 0 Å². The van der Waals surface area contributed by atoms with Gasteiger partial charge in [-0.05, 0) is 19.1 Å². The van der Waals surface area contributed by atoms with Gasteiger partial charge in [-0.25, -0.2) is 0 Å². The van der Waals surface area contributed by atoms with Gasteiger partial charge in [-0.3, -0.25) is 4.79 Å². The standard InChI is InChI=1S/C12H15NOS2/c1-9-3-5-10(6-4-9)13(2)12(14)16-8-11-7-15-11/h3-6,11H,7-8H2,1-2H3. The minimum absolute atomic E-state index is 0.136. The van der Waals surface area contributed by atoms with E-state index in [0.717, 1.165) is 11.4 Å². The summed E-state index contributed by atoms with van der Waals surface area (Å²) in [7, 11) is 1.83. The van der Waals surface area contributed by atoms with Crippen molar-refractivity contribution in [3.05, 3.63) is 29.8 Å². The zero-order valence-electron chi connectivity index (χ0n) is 9.47. The van der Waals surface area contributed by atoms with Gasteiger partial charge in [0.25, 0.3) is 5.24 Å². The van der Waals surface area contributed by atoms with Crippen molar-refractivity contribution in [3.8, 4) is 0 Å². The Kier molecular flexibility index (Phi) is 3.82. The first-order valence-corrected chi connectivity index (χ1v) is 7.29. The molecular weight excluding hydrogens is 238 g/mol. The highest BCUT2D eigenvalue weighted by Gasteiger charge is 2.24. The fourth-order valence-electron chi connectivity index (χ4n) is 1.30. The molecular formula is C12H15NOS2. The molecule has 0 saturated carbocycles. The molecule has 1 aliphatic rings. The molecule has 1 atom stereocenters. The second-order valence-corrected chi connectivity index (χ2v) is 6.23. The fraction of sp³-hybridized carbons (Fsp3) is 0.417. The SMILES string of the molecule is Cc1ccc(N(C)C(=O)SCC2CS2)cc1. The van der Waals surface area contributed by atoms with Crippen LogP contribution in [0, 0.1) is 6.92 Å². The van der Waals surface area contributed by atoms with E-state index in [0.29, 0.717) is 5.25 Å². The number of amides is 1. The number of benzene rings is 1. The van der Waals surface area contributed by atoms with E-state index in [1.165, 1.54) is 23.1 Å². The predicted octanol–water partition coefficient (Wildman–Crippen LogP) is 3.40. The van der Waals surface area contributed by atoms with Crippen molar-refractivity contribution in [1.29, 1.82) is 0 Å². The van der Waals surface area contributed by atoms with E-state index in [-0.39, 0.29) is 5.24 Å². The topological polar surface area (TPSA) is 20.3 Å². The Hall–Kier alpha value is -0.610. The van der Waals surface area contributed by atoms with Gasteiger partial charge in [0, 0.05) is 29.5 Å². The molecule has 0 radical (unpaired) electrons. The third-order valence-electron chi connectivity index (χ3n) is 2.49. The van der Waals surface area contributed by atoms with Gasteiger partial charge in [0.05, 0.1) is 0 Å². The lowest BCUT2D eigenvalue weighted by atomic mass is 10.2. The summed E-state index contributed by atoms with van der Waals surface area (Å²) >= 11 is 3.35. The number of hydrogen-bond donors (Lipinski definition) is 0. The van der Waals surface area contributed by atoms with E-state index in [9.17, 15) is 4.79 Å². The lowest BCUT2D eigenvalue weighted by molar-refractivity contribution is 0.266. The first-order chi connectivity index (χ1) is 7.66. The van der Waals surface area contributed by atoms with Crippen molar-refractivity contribution in [1.82, 2.24) is 0 Å². The molecule has 2 rings (SSSR count). The minimum Gasteiger partial charge on any atom is -0.306 e. The summed E-state index contributed by atoms with van der Waals surface area (Å²) in [5.74, 6) is 2.16. The molecule has 1 aromatic rings. The van der Waals surface area contributed by atoms with Gasteiger partial charge in [-0.15, -0.1) is 0 Å². The number of anilines is 1. The van der Waals surface area contributed by atoms with Gasteiger partial charge >= 0.3 is 0 Å². The molecule has 4 heteroatoms. The lowest BCUT2D eigenvalue weighted by Crippen LogP contribution is -2.22. The molecule has 0 N–H and O–H groups in total. The number of nitrogens with zero attached hydrogens (tertiary/aromatic N) is 1. The quantitative estimate of drug-likeness (QED) is 0.770. The molecule has 0 aromatic heterocycles. The molecule has 86 valence electrons. The third-order valence-corrected chi connectivity index (χ3v) is 4.76. The van der Waals surface area contributed by atoms with Crippen LogP contribution >= 0.6 is 23.5 Å². The van der Waals surface area contributed by atoms with Crippen molar-refractivity contribution in [2.24, 2.45) is 0 Å². The van der Waals surface area contributed by atoms with Gasteiger partial charge in [-0.1, -0.05) is 29.5 Å². The Morgan fingerprint density at radius 1 is 1.50 bits per heavy atom. The maximum Gasteiger partial charge on any atom is 0.285 e. The number of hydrogen-bond acceptors (Lipinski definition) is 3. The Balaban J connectivity index is 1.91. The molecule has 1 aliphatic heterocycles. The summed E-state index contributed by atoms with van der Waals surface area (Å²) in [6.45, 7) is 2.05. The van der Waals surface area contributed by atoms with Gasteiger partial charge < -0.3 is 4.90 Å². The second-order valence-electron chi connectivity index (χ2n) is 3.93. The molecule has 1 amide bonds. The normalized spacial score (nSPS) is 18.2. The van der Waals surface area contributed by atoms with Crippen LogP contribution in [0.4, 0.5) is 10.5 Å².